The summed E-state index contributed by atoms with van der Waals surface area (Å²) >= 11 is 0. The van der Waals surface area contributed by atoms with Crippen LogP contribution < -0.4 is 0 Å². The van der Waals surface area contributed by atoms with Crippen molar-refractivity contribution in [3.05, 3.63) is 59.7 Å². The van der Waals surface area contributed by atoms with Crippen LogP contribution in [0.5, 0.6) is 11.5 Å². The average Bonchev–Trinajstić information content (AvgIpc) is 2.47. The standard InChI is InChI=1S/C14H22O.C6H6O/c1-5-6-7-11-10-12(14(2,3)4)8-9-13(11)15;7-6-4-2-1-3-5-6/h8-10,15H,5-7H2,1-4H3;1-5,7H. The molecule has 22 heavy (non-hydrogen) atoms. The van der Waals surface area contributed by atoms with E-state index in [1.54, 1.807) is 24.3 Å². The van der Waals surface area contributed by atoms with Crippen LogP contribution in [0.2, 0.25) is 0 Å². The minimum Gasteiger partial charge on any atom is -0.508 e. The summed E-state index contributed by atoms with van der Waals surface area (Å²) in [5.74, 6) is 0.763. The van der Waals surface area contributed by atoms with Crippen LogP contribution in [0.25, 0.3) is 0 Å². The number of rotatable bonds is 3. The van der Waals surface area contributed by atoms with Gasteiger partial charge in [0.2, 0.25) is 0 Å². The first-order chi connectivity index (χ1) is 10.3. The summed E-state index contributed by atoms with van der Waals surface area (Å²) in [7, 11) is 0. The molecule has 2 rings (SSSR count). The van der Waals surface area contributed by atoms with Crippen molar-refractivity contribution in [2.24, 2.45) is 0 Å². The average molecular weight is 300 g/mol. The van der Waals surface area contributed by atoms with Gasteiger partial charge >= 0.3 is 0 Å². The van der Waals surface area contributed by atoms with Gasteiger partial charge in [-0.15, -0.1) is 0 Å². The Morgan fingerprint density at radius 2 is 1.55 bits per heavy atom. The van der Waals surface area contributed by atoms with Crippen molar-refractivity contribution in [2.75, 3.05) is 0 Å². The van der Waals surface area contributed by atoms with E-state index < -0.39 is 0 Å². The molecule has 2 aromatic carbocycles. The highest BCUT2D eigenvalue weighted by atomic mass is 16.3. The molecule has 0 aliphatic carbocycles. The molecule has 0 aliphatic rings. The van der Waals surface area contributed by atoms with Gasteiger partial charge in [-0.25, -0.2) is 0 Å². The molecule has 0 saturated heterocycles. The molecule has 0 atom stereocenters. The summed E-state index contributed by atoms with van der Waals surface area (Å²) in [5.41, 5.74) is 2.55. The van der Waals surface area contributed by atoms with E-state index in [4.69, 9.17) is 5.11 Å². The second-order valence-electron chi connectivity index (χ2n) is 6.53. The molecule has 0 fully saturated rings. The molecule has 2 N–H and O–H groups in total. The quantitative estimate of drug-likeness (QED) is 0.794. The Morgan fingerprint density at radius 1 is 0.909 bits per heavy atom. The highest BCUT2D eigenvalue weighted by Crippen LogP contribution is 2.28. The second-order valence-corrected chi connectivity index (χ2v) is 6.53. The van der Waals surface area contributed by atoms with Gasteiger partial charge in [-0.2, -0.15) is 0 Å². The molecule has 2 aromatic rings. The van der Waals surface area contributed by atoms with Crippen molar-refractivity contribution < 1.29 is 10.2 Å². The zero-order chi connectivity index (χ0) is 16.6. The predicted octanol–water partition coefficient (Wildman–Crippen LogP) is 5.42. The van der Waals surface area contributed by atoms with Crippen LogP contribution in [-0.4, -0.2) is 10.2 Å². The second kappa shape index (κ2) is 8.47. The first-order valence-corrected chi connectivity index (χ1v) is 7.91. The smallest absolute Gasteiger partial charge is 0.118 e. The summed E-state index contributed by atoms with van der Waals surface area (Å²) in [4.78, 5) is 0. The van der Waals surface area contributed by atoms with Crippen molar-refractivity contribution in [3.63, 3.8) is 0 Å². The molecule has 0 radical (unpaired) electrons. The zero-order valence-corrected chi connectivity index (χ0v) is 14.1. The Bertz CT molecular complexity index is 554. The van der Waals surface area contributed by atoms with E-state index in [0.29, 0.717) is 11.5 Å². The highest BCUT2D eigenvalue weighted by Gasteiger charge is 2.14. The Balaban J connectivity index is 0.000000287. The number of hydrogen-bond donors (Lipinski definition) is 2. The van der Waals surface area contributed by atoms with Crippen LogP contribution in [0.4, 0.5) is 0 Å². The number of aryl methyl sites for hydroxylation is 1. The third-order valence-electron chi connectivity index (χ3n) is 3.50. The van der Waals surface area contributed by atoms with E-state index in [-0.39, 0.29) is 5.41 Å². The fraction of sp³-hybridized carbons (Fsp3) is 0.400. The molecule has 0 aromatic heterocycles. The van der Waals surface area contributed by atoms with Gasteiger partial charge in [-0.1, -0.05) is 64.4 Å². The maximum Gasteiger partial charge on any atom is 0.118 e. The Labute approximate surface area is 134 Å². The molecule has 0 amide bonds. The number of para-hydroxylation sites is 1. The lowest BCUT2D eigenvalue weighted by Gasteiger charge is -2.20. The summed E-state index contributed by atoms with van der Waals surface area (Å²) in [5, 5.41) is 18.4. The van der Waals surface area contributed by atoms with E-state index in [2.05, 4.69) is 33.8 Å². The van der Waals surface area contributed by atoms with Gasteiger partial charge in [-0.05, 0) is 47.6 Å². The van der Waals surface area contributed by atoms with E-state index in [0.717, 1.165) is 18.4 Å². The first kappa shape index (κ1) is 18.1. The van der Waals surface area contributed by atoms with Crippen molar-refractivity contribution in [1.82, 2.24) is 0 Å². The molecule has 0 saturated carbocycles. The number of phenolic OH excluding ortho intramolecular Hbond substituents is 2. The van der Waals surface area contributed by atoms with Crippen molar-refractivity contribution >= 4 is 0 Å². The van der Waals surface area contributed by atoms with Gasteiger partial charge in [0.25, 0.3) is 0 Å². The summed E-state index contributed by atoms with van der Waals surface area (Å²) in [6.07, 6.45) is 3.28. The van der Waals surface area contributed by atoms with Crippen molar-refractivity contribution in [3.8, 4) is 11.5 Å². The molecular formula is C20H28O2. The molecular weight excluding hydrogens is 272 g/mol. The summed E-state index contributed by atoms with van der Waals surface area (Å²) in [6.45, 7) is 8.76. The van der Waals surface area contributed by atoms with Crippen LogP contribution >= 0.6 is 0 Å². The molecule has 120 valence electrons. The lowest BCUT2D eigenvalue weighted by atomic mass is 9.85. The molecule has 0 spiro atoms. The van der Waals surface area contributed by atoms with Gasteiger partial charge in [0, 0.05) is 0 Å². The lowest BCUT2D eigenvalue weighted by molar-refractivity contribution is 0.465. The Kier molecular flexibility index (Phi) is 6.97. The minimum atomic E-state index is 0.161. The third kappa shape index (κ3) is 6.21. The number of benzene rings is 2. The SMILES string of the molecule is CCCCc1cc(C(C)(C)C)ccc1O.Oc1ccccc1. The van der Waals surface area contributed by atoms with E-state index in [1.807, 2.05) is 18.2 Å². The largest absolute Gasteiger partial charge is 0.508 e. The van der Waals surface area contributed by atoms with Gasteiger partial charge in [0.1, 0.15) is 11.5 Å². The zero-order valence-electron chi connectivity index (χ0n) is 14.1. The van der Waals surface area contributed by atoms with Gasteiger partial charge < -0.3 is 10.2 Å². The third-order valence-corrected chi connectivity index (χ3v) is 3.50. The van der Waals surface area contributed by atoms with E-state index >= 15 is 0 Å². The molecule has 2 nitrogen and oxygen atoms in total. The van der Waals surface area contributed by atoms with Crippen molar-refractivity contribution in [1.29, 1.82) is 0 Å². The Morgan fingerprint density at radius 3 is 2.00 bits per heavy atom. The van der Waals surface area contributed by atoms with Crippen LogP contribution in [0.1, 0.15) is 51.7 Å². The highest BCUT2D eigenvalue weighted by molar-refractivity contribution is 5.38. The van der Waals surface area contributed by atoms with E-state index in [1.165, 1.54) is 12.0 Å². The number of aromatic hydroxyl groups is 2. The van der Waals surface area contributed by atoms with Gasteiger partial charge in [-0.3, -0.25) is 0 Å². The van der Waals surface area contributed by atoms with Crippen LogP contribution in [0.15, 0.2) is 48.5 Å². The maximum atomic E-state index is 9.73. The fourth-order valence-corrected chi connectivity index (χ4v) is 2.05. The van der Waals surface area contributed by atoms with Crippen LogP contribution in [0.3, 0.4) is 0 Å². The van der Waals surface area contributed by atoms with Crippen LogP contribution in [0, 0.1) is 0 Å². The van der Waals surface area contributed by atoms with E-state index in [9.17, 15) is 5.11 Å². The maximum absolute atomic E-state index is 9.73. The fourth-order valence-electron chi connectivity index (χ4n) is 2.05. The van der Waals surface area contributed by atoms with Crippen molar-refractivity contribution in [2.45, 2.75) is 52.4 Å². The van der Waals surface area contributed by atoms with Gasteiger partial charge in [0.05, 0.1) is 0 Å². The normalized spacial score (nSPS) is 10.7. The topological polar surface area (TPSA) is 40.5 Å². The number of phenols is 2. The predicted molar refractivity (Wildman–Crippen MR) is 93.5 cm³/mol. The molecule has 0 bridgehead atoms. The number of hydrogen-bond acceptors (Lipinski definition) is 2. The molecule has 0 aliphatic heterocycles. The lowest BCUT2D eigenvalue weighted by Crippen LogP contribution is -2.11. The first-order valence-electron chi connectivity index (χ1n) is 7.91. The molecule has 0 heterocycles. The van der Waals surface area contributed by atoms with Gasteiger partial charge in [0.15, 0.2) is 0 Å². The minimum absolute atomic E-state index is 0.161. The van der Waals surface area contributed by atoms with Crippen LogP contribution in [-0.2, 0) is 11.8 Å². The molecule has 0 unspecified atom stereocenters. The Hall–Kier alpha value is -1.96. The monoisotopic (exact) mass is 300 g/mol. The summed E-state index contributed by atoms with van der Waals surface area (Å²) in [6, 6.07) is 14.7. The summed E-state index contributed by atoms with van der Waals surface area (Å²) < 4.78 is 0. The number of unbranched alkanes of at least 4 members (excludes halogenated alkanes) is 1. The molecule has 2 heteroatoms.